The first kappa shape index (κ1) is 17.5. The number of para-hydroxylation sites is 1. The molecule has 0 amide bonds. The SMILES string of the molecule is COC(=O)C1=C(C(=O)OC)N(c2ccccc2C(=O)OC)COC1. The van der Waals surface area contributed by atoms with Crippen molar-refractivity contribution >= 4 is 23.6 Å². The number of carbonyl (C=O) groups is 3. The van der Waals surface area contributed by atoms with Crippen molar-refractivity contribution in [2.75, 3.05) is 39.6 Å². The van der Waals surface area contributed by atoms with E-state index < -0.39 is 17.9 Å². The quantitative estimate of drug-likeness (QED) is 0.591. The lowest BCUT2D eigenvalue weighted by Gasteiger charge is -2.32. The summed E-state index contributed by atoms with van der Waals surface area (Å²) >= 11 is 0. The van der Waals surface area contributed by atoms with E-state index in [1.165, 1.54) is 26.2 Å². The lowest BCUT2D eigenvalue weighted by Crippen LogP contribution is -2.39. The lowest BCUT2D eigenvalue weighted by atomic mass is 10.1. The number of esters is 3. The summed E-state index contributed by atoms with van der Waals surface area (Å²) in [6.45, 7) is -0.146. The van der Waals surface area contributed by atoms with Gasteiger partial charge in [-0.25, -0.2) is 14.4 Å². The molecule has 0 aromatic heterocycles. The molecule has 0 saturated carbocycles. The molecular formula is C16H17NO7. The zero-order valence-corrected chi connectivity index (χ0v) is 13.5. The highest BCUT2D eigenvalue weighted by atomic mass is 16.5. The Morgan fingerprint density at radius 2 is 1.58 bits per heavy atom. The van der Waals surface area contributed by atoms with Gasteiger partial charge in [-0.15, -0.1) is 0 Å². The van der Waals surface area contributed by atoms with Crippen LogP contribution >= 0.6 is 0 Å². The molecule has 0 unspecified atom stereocenters. The van der Waals surface area contributed by atoms with Crippen molar-refractivity contribution in [1.29, 1.82) is 0 Å². The van der Waals surface area contributed by atoms with Gasteiger partial charge in [0.1, 0.15) is 12.4 Å². The van der Waals surface area contributed by atoms with Crippen LogP contribution < -0.4 is 4.90 Å². The van der Waals surface area contributed by atoms with E-state index >= 15 is 0 Å². The Balaban J connectivity index is 2.62. The van der Waals surface area contributed by atoms with E-state index in [0.29, 0.717) is 5.69 Å². The molecule has 1 aliphatic heterocycles. The second-order valence-electron chi connectivity index (χ2n) is 4.72. The summed E-state index contributed by atoms with van der Waals surface area (Å²) in [7, 11) is 3.65. The van der Waals surface area contributed by atoms with Crippen LogP contribution in [0.1, 0.15) is 10.4 Å². The van der Waals surface area contributed by atoms with Gasteiger partial charge in [0.2, 0.25) is 0 Å². The number of carbonyl (C=O) groups excluding carboxylic acids is 3. The number of hydrogen-bond donors (Lipinski definition) is 0. The summed E-state index contributed by atoms with van der Waals surface area (Å²) in [6, 6.07) is 6.49. The fourth-order valence-electron chi connectivity index (χ4n) is 2.33. The van der Waals surface area contributed by atoms with Crippen molar-refractivity contribution in [3.05, 3.63) is 41.1 Å². The average molecular weight is 335 g/mol. The van der Waals surface area contributed by atoms with E-state index in [1.54, 1.807) is 24.3 Å². The minimum absolute atomic E-state index is 0.00951. The molecule has 1 aromatic carbocycles. The molecule has 0 radical (unpaired) electrons. The Morgan fingerprint density at radius 1 is 0.958 bits per heavy atom. The Morgan fingerprint density at radius 3 is 2.21 bits per heavy atom. The summed E-state index contributed by atoms with van der Waals surface area (Å²) in [5, 5.41) is 0. The second-order valence-corrected chi connectivity index (χ2v) is 4.72. The van der Waals surface area contributed by atoms with Gasteiger partial charge in [-0.1, -0.05) is 12.1 Å². The molecule has 0 atom stereocenters. The maximum atomic E-state index is 12.2. The van der Waals surface area contributed by atoms with E-state index in [4.69, 9.17) is 18.9 Å². The lowest BCUT2D eigenvalue weighted by molar-refractivity contribution is -0.140. The fraction of sp³-hybridized carbons (Fsp3) is 0.312. The van der Waals surface area contributed by atoms with Crippen LogP contribution in [0.2, 0.25) is 0 Å². The minimum Gasteiger partial charge on any atom is -0.466 e. The van der Waals surface area contributed by atoms with Crippen molar-refractivity contribution in [2.24, 2.45) is 0 Å². The molecule has 0 saturated heterocycles. The van der Waals surface area contributed by atoms with Crippen LogP contribution in [0, 0.1) is 0 Å². The Labute approximate surface area is 138 Å². The molecule has 0 bridgehead atoms. The zero-order chi connectivity index (χ0) is 17.7. The molecule has 0 aliphatic carbocycles. The van der Waals surface area contributed by atoms with Gasteiger partial charge in [0.25, 0.3) is 0 Å². The van der Waals surface area contributed by atoms with Crippen LogP contribution in [-0.4, -0.2) is 52.6 Å². The molecule has 0 fully saturated rings. The largest absolute Gasteiger partial charge is 0.466 e. The number of anilines is 1. The van der Waals surface area contributed by atoms with Gasteiger partial charge in [0.15, 0.2) is 0 Å². The number of hydrogen-bond acceptors (Lipinski definition) is 8. The van der Waals surface area contributed by atoms with Crippen molar-refractivity contribution in [3.8, 4) is 0 Å². The van der Waals surface area contributed by atoms with Gasteiger partial charge in [0.05, 0.1) is 44.8 Å². The summed E-state index contributed by atoms with van der Waals surface area (Å²) in [5.41, 5.74) is 0.546. The molecule has 8 nitrogen and oxygen atoms in total. The number of methoxy groups -OCH3 is 3. The van der Waals surface area contributed by atoms with E-state index in [9.17, 15) is 14.4 Å². The Bertz CT molecular complexity index is 695. The molecule has 0 spiro atoms. The van der Waals surface area contributed by atoms with Crippen molar-refractivity contribution in [3.63, 3.8) is 0 Å². The normalized spacial score (nSPS) is 14.2. The van der Waals surface area contributed by atoms with Gasteiger partial charge >= 0.3 is 17.9 Å². The van der Waals surface area contributed by atoms with Crippen LogP contribution in [-0.2, 0) is 28.5 Å². The fourth-order valence-corrected chi connectivity index (χ4v) is 2.33. The minimum atomic E-state index is -0.738. The number of rotatable bonds is 4. The van der Waals surface area contributed by atoms with Crippen LogP contribution in [0.15, 0.2) is 35.5 Å². The van der Waals surface area contributed by atoms with Crippen LogP contribution in [0.3, 0.4) is 0 Å². The van der Waals surface area contributed by atoms with Crippen LogP contribution in [0.25, 0.3) is 0 Å². The maximum absolute atomic E-state index is 12.2. The Hall–Kier alpha value is -2.87. The molecule has 1 aliphatic rings. The molecule has 0 N–H and O–H groups in total. The molecule has 24 heavy (non-hydrogen) atoms. The number of ether oxygens (including phenoxy) is 4. The van der Waals surface area contributed by atoms with E-state index in [2.05, 4.69) is 0 Å². The Kier molecular flexibility index (Phi) is 5.54. The van der Waals surface area contributed by atoms with Gasteiger partial charge in [-0.05, 0) is 12.1 Å². The average Bonchev–Trinajstić information content (AvgIpc) is 2.65. The highest BCUT2D eigenvalue weighted by Crippen LogP contribution is 2.29. The summed E-state index contributed by atoms with van der Waals surface area (Å²) in [5.74, 6) is -2.03. The van der Waals surface area contributed by atoms with Crippen molar-refractivity contribution < 1.29 is 33.3 Å². The van der Waals surface area contributed by atoms with E-state index in [0.717, 1.165) is 0 Å². The van der Waals surface area contributed by atoms with Crippen LogP contribution in [0.5, 0.6) is 0 Å². The molecule has 1 heterocycles. The highest BCUT2D eigenvalue weighted by molar-refractivity contribution is 6.05. The van der Waals surface area contributed by atoms with Gasteiger partial charge in [-0.3, -0.25) is 0 Å². The second kappa shape index (κ2) is 7.60. The molecule has 2 rings (SSSR count). The molecular weight excluding hydrogens is 318 g/mol. The predicted molar refractivity (Wildman–Crippen MR) is 82.1 cm³/mol. The zero-order valence-electron chi connectivity index (χ0n) is 13.5. The first-order valence-corrected chi connectivity index (χ1v) is 6.97. The first-order valence-electron chi connectivity index (χ1n) is 6.97. The molecule has 8 heteroatoms. The van der Waals surface area contributed by atoms with Gasteiger partial charge < -0.3 is 23.8 Å². The number of nitrogens with zero attached hydrogens (tertiary/aromatic N) is 1. The predicted octanol–water partition coefficient (Wildman–Crippen LogP) is 0.867. The third-order valence-corrected chi connectivity index (χ3v) is 3.43. The van der Waals surface area contributed by atoms with E-state index in [-0.39, 0.29) is 30.2 Å². The van der Waals surface area contributed by atoms with Gasteiger partial charge in [-0.2, -0.15) is 0 Å². The van der Waals surface area contributed by atoms with Crippen molar-refractivity contribution in [1.82, 2.24) is 0 Å². The number of benzene rings is 1. The highest BCUT2D eigenvalue weighted by Gasteiger charge is 2.34. The smallest absolute Gasteiger partial charge is 0.355 e. The van der Waals surface area contributed by atoms with Gasteiger partial charge in [0, 0.05) is 0 Å². The molecule has 128 valence electrons. The third kappa shape index (κ3) is 3.23. The topological polar surface area (TPSA) is 91.4 Å². The summed E-state index contributed by atoms with van der Waals surface area (Å²) < 4.78 is 19.6. The van der Waals surface area contributed by atoms with Crippen LogP contribution in [0.4, 0.5) is 5.69 Å². The molecule has 1 aromatic rings. The third-order valence-electron chi connectivity index (χ3n) is 3.43. The maximum Gasteiger partial charge on any atom is 0.355 e. The van der Waals surface area contributed by atoms with E-state index in [1.807, 2.05) is 0 Å². The van der Waals surface area contributed by atoms with Crippen molar-refractivity contribution in [2.45, 2.75) is 0 Å². The summed E-state index contributed by atoms with van der Waals surface area (Å²) in [6.07, 6.45) is 0. The standard InChI is InChI=1S/C16H17NO7/c1-21-14(18)10-6-4-5-7-12(10)17-9-24-8-11(15(19)22-2)13(17)16(20)23-3/h4-7H,8-9H2,1-3H3. The summed E-state index contributed by atoms with van der Waals surface area (Å²) in [4.78, 5) is 37.6. The first-order chi connectivity index (χ1) is 11.5. The monoisotopic (exact) mass is 335 g/mol.